The van der Waals surface area contributed by atoms with Crippen LogP contribution in [-0.4, -0.2) is 131 Å². The molecule has 0 bridgehead atoms. The maximum atomic E-state index is 15.8. The van der Waals surface area contributed by atoms with Crippen molar-refractivity contribution in [1.82, 2.24) is 25.4 Å². The van der Waals surface area contributed by atoms with Crippen LogP contribution in [-0.2, 0) is 25.5 Å². The quantitative estimate of drug-likeness (QED) is 0.137. The van der Waals surface area contributed by atoms with Crippen molar-refractivity contribution in [1.29, 1.82) is 0 Å². The molecular formula is C59H62FN9O9. The predicted molar refractivity (Wildman–Crippen MR) is 289 cm³/mol. The molecule has 0 radical (unpaired) electrons. The number of likely N-dealkylation sites (N-methyl/N-ethyl adjacent to an activating group) is 2. The highest BCUT2D eigenvalue weighted by atomic mass is 19.1. The number of para-hydroxylation sites is 1. The van der Waals surface area contributed by atoms with Crippen molar-refractivity contribution in [3.63, 3.8) is 0 Å². The number of anilines is 4. The third-order valence-electron chi connectivity index (χ3n) is 16.6. The molecule has 2 atom stereocenters. The summed E-state index contributed by atoms with van der Waals surface area (Å²) in [6.07, 6.45) is 11.4. The highest BCUT2D eigenvalue weighted by Gasteiger charge is 2.44. The van der Waals surface area contributed by atoms with Gasteiger partial charge in [0.2, 0.25) is 0 Å². The minimum Gasteiger partial charge on any atom is -0.489 e. The molecule has 78 heavy (non-hydrogen) atoms. The molecule has 6 aliphatic rings. The molecule has 4 saturated heterocycles. The van der Waals surface area contributed by atoms with Gasteiger partial charge in [-0.1, -0.05) is 24.3 Å². The molecule has 18 nitrogen and oxygen atoms in total. The molecule has 2 spiro atoms. The third kappa shape index (κ3) is 10.2. The fourth-order valence-electron chi connectivity index (χ4n) is 11.8. The Morgan fingerprint density at radius 2 is 1.37 bits per heavy atom. The van der Waals surface area contributed by atoms with Gasteiger partial charge in [-0.15, -0.1) is 0 Å². The molecule has 4 fully saturated rings. The number of carbonyl (C=O) groups is 4. The van der Waals surface area contributed by atoms with Crippen molar-refractivity contribution >= 4 is 46.5 Å². The standard InChI is InChI=1S/C59H62FN9O9/c1-65-49-11-8-41(67-21-14-58(15-22-67)16-23-74-24-17-58)30-53(49)77-34-47(55(65)71)63-54(70)46-31-42(13-20-61-46)78-51-6-4-3-5-43(51)44-28-38(7-10-45(44)60)27-39-32-62-69(33-39)57(73)64-48-35-76-52-12-9-40(29-50(52)66(2)56(48)72)68-36-59(37-68)18-25-75-26-19-59/h3-13,20,28-33,47-48H,14-19,21-27,34-37H2,1-2H3,(H,63,70)(H,64,73)/t47?,48-/m1/s1. The Balaban J connectivity index is 0.667. The Kier molecular flexibility index (Phi) is 13.7. The summed E-state index contributed by atoms with van der Waals surface area (Å²) in [5.41, 5.74) is 6.06. The number of piperidine rings is 1. The van der Waals surface area contributed by atoms with Crippen LogP contribution in [0.3, 0.4) is 0 Å². The van der Waals surface area contributed by atoms with Gasteiger partial charge in [-0.25, -0.2) is 9.18 Å². The summed E-state index contributed by atoms with van der Waals surface area (Å²) in [4.78, 5) is 66.9. The predicted octanol–water partition coefficient (Wildman–Crippen LogP) is 7.62. The maximum absolute atomic E-state index is 15.8. The van der Waals surface area contributed by atoms with E-state index in [9.17, 15) is 19.2 Å². The van der Waals surface area contributed by atoms with Crippen LogP contribution in [0.2, 0.25) is 0 Å². The summed E-state index contributed by atoms with van der Waals surface area (Å²) in [5.74, 6) is -0.0426. The van der Waals surface area contributed by atoms with E-state index in [4.69, 9.17) is 23.7 Å². The number of benzene rings is 4. The van der Waals surface area contributed by atoms with E-state index in [2.05, 4.69) is 30.5 Å². The number of rotatable bonds is 10. The molecule has 19 heteroatoms. The van der Waals surface area contributed by atoms with Gasteiger partial charge >= 0.3 is 6.03 Å². The number of nitrogens with zero attached hydrogens (tertiary/aromatic N) is 7. The van der Waals surface area contributed by atoms with Crippen LogP contribution in [0.5, 0.6) is 23.0 Å². The van der Waals surface area contributed by atoms with Gasteiger partial charge in [0, 0.05) is 126 Å². The zero-order chi connectivity index (χ0) is 53.5. The van der Waals surface area contributed by atoms with Gasteiger partial charge in [0.1, 0.15) is 59.8 Å². The molecule has 4 aromatic carbocycles. The third-order valence-corrected chi connectivity index (χ3v) is 16.6. The van der Waals surface area contributed by atoms with Crippen LogP contribution in [0.4, 0.5) is 31.9 Å². The second kappa shape index (κ2) is 21.1. The summed E-state index contributed by atoms with van der Waals surface area (Å²) < 4.78 is 46.8. The Morgan fingerprint density at radius 3 is 2.14 bits per heavy atom. The first-order valence-corrected chi connectivity index (χ1v) is 26.8. The van der Waals surface area contributed by atoms with Crippen molar-refractivity contribution in [3.05, 3.63) is 132 Å². The Bertz CT molecular complexity index is 3270. The van der Waals surface area contributed by atoms with E-state index in [0.717, 1.165) is 113 Å². The summed E-state index contributed by atoms with van der Waals surface area (Å²) in [5, 5.41) is 9.91. The van der Waals surface area contributed by atoms with Crippen LogP contribution in [0.15, 0.2) is 110 Å². The number of hydrogen-bond donors (Lipinski definition) is 2. The molecule has 6 aliphatic heterocycles. The van der Waals surface area contributed by atoms with Crippen LogP contribution in [0.1, 0.15) is 60.1 Å². The lowest BCUT2D eigenvalue weighted by molar-refractivity contribution is -0.121. The van der Waals surface area contributed by atoms with Crippen LogP contribution in [0, 0.1) is 16.6 Å². The lowest BCUT2D eigenvalue weighted by atomic mass is 9.72. The van der Waals surface area contributed by atoms with Gasteiger partial charge in [0.25, 0.3) is 17.7 Å². The Morgan fingerprint density at radius 1 is 0.692 bits per heavy atom. The minimum absolute atomic E-state index is 0.00583. The van der Waals surface area contributed by atoms with Crippen LogP contribution < -0.4 is 44.4 Å². The zero-order valence-electron chi connectivity index (χ0n) is 43.8. The molecule has 2 N–H and O–H groups in total. The number of nitrogens with one attached hydrogen (secondary N) is 2. The number of aromatic nitrogens is 3. The summed E-state index contributed by atoms with van der Waals surface area (Å²) in [6.45, 7) is 6.87. The number of pyridine rings is 1. The van der Waals surface area contributed by atoms with Gasteiger partial charge in [0.15, 0.2) is 0 Å². The summed E-state index contributed by atoms with van der Waals surface area (Å²) >= 11 is 0. The first-order valence-electron chi connectivity index (χ1n) is 26.8. The fraction of sp³-hybridized carbons (Fsp3) is 0.390. The molecular weight excluding hydrogens is 998 g/mol. The first-order chi connectivity index (χ1) is 37.9. The average molecular weight is 1060 g/mol. The van der Waals surface area contributed by atoms with Crippen molar-refractivity contribution in [3.8, 4) is 34.1 Å². The molecule has 8 heterocycles. The lowest BCUT2D eigenvalue weighted by Gasteiger charge is -2.53. The highest BCUT2D eigenvalue weighted by molar-refractivity contribution is 6.03. The second-order valence-corrected chi connectivity index (χ2v) is 21.6. The minimum atomic E-state index is -1.00. The fourth-order valence-corrected chi connectivity index (χ4v) is 11.8. The molecule has 404 valence electrons. The molecule has 4 amide bonds. The number of halogens is 1. The largest absolute Gasteiger partial charge is 0.489 e. The van der Waals surface area contributed by atoms with E-state index in [1.807, 2.05) is 36.4 Å². The smallest absolute Gasteiger partial charge is 0.342 e. The molecule has 0 saturated carbocycles. The number of ether oxygens (including phenoxy) is 5. The van der Waals surface area contributed by atoms with Crippen LogP contribution in [0.25, 0.3) is 11.1 Å². The number of fused-ring (bicyclic) bond motifs is 2. The maximum Gasteiger partial charge on any atom is 0.342 e. The lowest BCUT2D eigenvalue weighted by Crippen LogP contribution is -2.58. The average Bonchev–Trinajstić information content (AvgIpc) is 3.86. The normalized spacial score (nSPS) is 20.6. The van der Waals surface area contributed by atoms with Gasteiger partial charge in [0.05, 0.1) is 17.6 Å². The van der Waals surface area contributed by atoms with E-state index in [1.165, 1.54) is 28.1 Å². The van der Waals surface area contributed by atoms with E-state index in [1.54, 1.807) is 69.0 Å². The van der Waals surface area contributed by atoms with E-state index < -0.39 is 29.8 Å². The van der Waals surface area contributed by atoms with E-state index in [0.29, 0.717) is 51.6 Å². The van der Waals surface area contributed by atoms with E-state index >= 15 is 4.39 Å². The first kappa shape index (κ1) is 50.8. The number of hydrogen-bond acceptors (Lipinski definition) is 13. The van der Waals surface area contributed by atoms with Crippen molar-refractivity contribution in [2.24, 2.45) is 10.8 Å². The topological polar surface area (TPSA) is 182 Å². The SMILES string of the molecule is CN1C(=O)C(NC(=O)c2cc(Oc3ccccc3-c3cc(Cc4cnn(C(=O)N[C@@H]5COc6ccc(N7CC8(CCOCC8)C7)cc6N(C)C5=O)c4)ccc3F)ccn2)COc2cc(N3CCC4(CCOCC4)CC3)ccc21. The van der Waals surface area contributed by atoms with Gasteiger partial charge < -0.3 is 53.9 Å². The van der Waals surface area contributed by atoms with Crippen molar-refractivity contribution < 1.29 is 47.3 Å². The van der Waals surface area contributed by atoms with Gasteiger partial charge in [-0.3, -0.25) is 19.4 Å². The second-order valence-electron chi connectivity index (χ2n) is 21.6. The summed E-state index contributed by atoms with van der Waals surface area (Å²) in [7, 11) is 3.35. The monoisotopic (exact) mass is 1060 g/mol. The molecule has 0 aliphatic carbocycles. The van der Waals surface area contributed by atoms with Gasteiger partial charge in [-0.05, 0) is 110 Å². The van der Waals surface area contributed by atoms with E-state index in [-0.39, 0.29) is 47.5 Å². The molecule has 2 aromatic heterocycles. The molecule has 12 rings (SSSR count). The highest BCUT2D eigenvalue weighted by Crippen LogP contribution is 2.46. The summed E-state index contributed by atoms with van der Waals surface area (Å²) in [6, 6.07) is 23.9. The zero-order valence-corrected chi connectivity index (χ0v) is 43.8. The molecule has 6 aromatic rings. The van der Waals surface area contributed by atoms with Crippen molar-refractivity contribution in [2.75, 3.05) is 99.5 Å². The molecule has 1 unspecified atom stereocenters. The number of carbonyl (C=O) groups excluding carboxylic acids is 4. The number of amides is 4. The van der Waals surface area contributed by atoms with Crippen LogP contribution >= 0.6 is 0 Å². The Labute approximate surface area is 451 Å². The Hall–Kier alpha value is -8.03. The van der Waals surface area contributed by atoms with Gasteiger partial charge in [-0.2, -0.15) is 9.78 Å². The van der Waals surface area contributed by atoms with Crippen molar-refractivity contribution in [2.45, 2.75) is 57.0 Å².